The smallest absolute Gasteiger partial charge is 0.253 e. The standard InChI is InChI=1S/C20H30N2O2/c23-14-10-19-9-2-5-13-22(19)16-17-7-6-8-18(15-17)20(24)21-11-3-1-4-12-21/h6-8,15,19,23H,1-5,9-14,16H2. The van der Waals surface area contributed by atoms with Gasteiger partial charge in [0.15, 0.2) is 0 Å². The molecular formula is C20H30N2O2. The van der Waals surface area contributed by atoms with E-state index in [2.05, 4.69) is 17.0 Å². The van der Waals surface area contributed by atoms with Gasteiger partial charge >= 0.3 is 0 Å². The van der Waals surface area contributed by atoms with Crippen LogP contribution in [0.2, 0.25) is 0 Å². The Morgan fingerprint density at radius 3 is 2.67 bits per heavy atom. The Balaban J connectivity index is 1.67. The number of likely N-dealkylation sites (tertiary alicyclic amines) is 2. The summed E-state index contributed by atoms with van der Waals surface area (Å²) >= 11 is 0. The Morgan fingerprint density at radius 1 is 1.08 bits per heavy atom. The van der Waals surface area contributed by atoms with Gasteiger partial charge in [-0.1, -0.05) is 18.6 Å². The van der Waals surface area contributed by atoms with Crippen molar-refractivity contribution in [2.45, 2.75) is 57.5 Å². The summed E-state index contributed by atoms with van der Waals surface area (Å²) in [5.41, 5.74) is 2.04. The van der Waals surface area contributed by atoms with Crippen LogP contribution in [0.5, 0.6) is 0 Å². The Morgan fingerprint density at radius 2 is 1.88 bits per heavy atom. The number of piperidine rings is 2. The summed E-state index contributed by atoms with van der Waals surface area (Å²) < 4.78 is 0. The molecule has 1 aromatic rings. The number of aliphatic hydroxyl groups is 1. The zero-order valence-electron chi connectivity index (χ0n) is 14.6. The molecule has 2 aliphatic rings. The summed E-state index contributed by atoms with van der Waals surface area (Å²) in [6, 6.07) is 8.63. The second kappa shape index (κ2) is 8.63. The van der Waals surface area contributed by atoms with Crippen LogP contribution in [0, 0.1) is 0 Å². The molecule has 2 heterocycles. The first-order chi connectivity index (χ1) is 11.8. The minimum Gasteiger partial charge on any atom is -0.396 e. The van der Waals surface area contributed by atoms with Crippen molar-refractivity contribution in [1.82, 2.24) is 9.80 Å². The highest BCUT2D eigenvalue weighted by molar-refractivity contribution is 5.94. The molecule has 1 amide bonds. The van der Waals surface area contributed by atoms with Crippen molar-refractivity contribution < 1.29 is 9.90 Å². The van der Waals surface area contributed by atoms with Gasteiger partial charge in [-0.2, -0.15) is 0 Å². The van der Waals surface area contributed by atoms with Crippen LogP contribution in [0.1, 0.15) is 60.9 Å². The Bertz CT molecular complexity index is 538. The van der Waals surface area contributed by atoms with Gasteiger partial charge in [0.2, 0.25) is 0 Å². The zero-order chi connectivity index (χ0) is 16.8. The van der Waals surface area contributed by atoms with Crippen LogP contribution in [0.25, 0.3) is 0 Å². The summed E-state index contributed by atoms with van der Waals surface area (Å²) in [7, 11) is 0. The van der Waals surface area contributed by atoms with Gasteiger partial charge in [-0.05, 0) is 62.8 Å². The molecule has 1 unspecified atom stereocenters. The monoisotopic (exact) mass is 330 g/mol. The highest BCUT2D eigenvalue weighted by Crippen LogP contribution is 2.22. The number of hydrogen-bond acceptors (Lipinski definition) is 3. The fourth-order valence-corrected chi connectivity index (χ4v) is 4.06. The van der Waals surface area contributed by atoms with Crippen LogP contribution in [0.15, 0.2) is 24.3 Å². The molecule has 1 N–H and O–H groups in total. The average Bonchev–Trinajstić information content (AvgIpc) is 2.64. The van der Waals surface area contributed by atoms with E-state index in [1.807, 2.05) is 17.0 Å². The van der Waals surface area contributed by atoms with Gasteiger partial charge in [0, 0.05) is 37.8 Å². The van der Waals surface area contributed by atoms with E-state index in [9.17, 15) is 9.90 Å². The Labute approximate surface area is 145 Å². The quantitative estimate of drug-likeness (QED) is 0.902. The van der Waals surface area contributed by atoms with Crippen LogP contribution in [-0.2, 0) is 6.54 Å². The molecule has 2 aliphatic heterocycles. The van der Waals surface area contributed by atoms with E-state index < -0.39 is 0 Å². The molecule has 24 heavy (non-hydrogen) atoms. The van der Waals surface area contributed by atoms with Crippen LogP contribution in [-0.4, -0.2) is 53.1 Å². The molecule has 132 valence electrons. The third-order valence-electron chi connectivity index (χ3n) is 5.41. The van der Waals surface area contributed by atoms with E-state index in [1.54, 1.807) is 0 Å². The topological polar surface area (TPSA) is 43.8 Å². The van der Waals surface area contributed by atoms with E-state index in [-0.39, 0.29) is 12.5 Å². The van der Waals surface area contributed by atoms with E-state index in [1.165, 1.54) is 31.2 Å². The summed E-state index contributed by atoms with van der Waals surface area (Å²) in [4.78, 5) is 17.2. The largest absolute Gasteiger partial charge is 0.396 e. The van der Waals surface area contributed by atoms with Crippen molar-refractivity contribution in [1.29, 1.82) is 0 Å². The molecule has 4 heteroatoms. The second-order valence-electron chi connectivity index (χ2n) is 7.19. The minimum absolute atomic E-state index is 0.183. The molecule has 2 fully saturated rings. The summed E-state index contributed by atoms with van der Waals surface area (Å²) in [5, 5.41) is 9.29. The van der Waals surface area contributed by atoms with Gasteiger partial charge in [0.25, 0.3) is 5.91 Å². The zero-order valence-corrected chi connectivity index (χ0v) is 14.6. The maximum Gasteiger partial charge on any atom is 0.253 e. The molecule has 3 rings (SSSR count). The lowest BCUT2D eigenvalue weighted by Crippen LogP contribution is -2.39. The first kappa shape index (κ1) is 17.4. The van der Waals surface area contributed by atoms with Crippen LogP contribution >= 0.6 is 0 Å². The fraction of sp³-hybridized carbons (Fsp3) is 0.650. The molecule has 0 spiro atoms. The molecule has 0 aliphatic carbocycles. The number of carbonyl (C=O) groups is 1. The van der Waals surface area contributed by atoms with Crippen molar-refractivity contribution >= 4 is 5.91 Å². The number of amides is 1. The molecule has 1 atom stereocenters. The number of aliphatic hydroxyl groups excluding tert-OH is 1. The number of nitrogens with zero attached hydrogens (tertiary/aromatic N) is 2. The fourth-order valence-electron chi connectivity index (χ4n) is 4.06. The van der Waals surface area contributed by atoms with Crippen LogP contribution in [0.3, 0.4) is 0 Å². The maximum absolute atomic E-state index is 12.7. The first-order valence-corrected chi connectivity index (χ1v) is 9.51. The third-order valence-corrected chi connectivity index (χ3v) is 5.41. The predicted molar refractivity (Wildman–Crippen MR) is 95.9 cm³/mol. The van der Waals surface area contributed by atoms with Crippen molar-refractivity contribution in [2.24, 2.45) is 0 Å². The Hall–Kier alpha value is -1.39. The molecule has 0 saturated carbocycles. The van der Waals surface area contributed by atoms with Gasteiger partial charge in [0.1, 0.15) is 0 Å². The van der Waals surface area contributed by atoms with Crippen LogP contribution in [0.4, 0.5) is 0 Å². The molecule has 0 aromatic heterocycles. The van der Waals surface area contributed by atoms with Crippen molar-refractivity contribution in [2.75, 3.05) is 26.2 Å². The Kier molecular flexibility index (Phi) is 6.27. The molecular weight excluding hydrogens is 300 g/mol. The lowest BCUT2D eigenvalue weighted by atomic mass is 9.98. The van der Waals surface area contributed by atoms with Crippen molar-refractivity contribution in [3.8, 4) is 0 Å². The van der Waals surface area contributed by atoms with Gasteiger partial charge < -0.3 is 10.0 Å². The summed E-state index contributed by atoms with van der Waals surface area (Å²) in [5.74, 6) is 0.183. The maximum atomic E-state index is 12.7. The number of carbonyl (C=O) groups excluding carboxylic acids is 1. The molecule has 0 radical (unpaired) electrons. The van der Waals surface area contributed by atoms with E-state index in [0.717, 1.165) is 51.0 Å². The average molecular weight is 330 g/mol. The molecule has 0 bridgehead atoms. The van der Waals surface area contributed by atoms with Gasteiger partial charge in [-0.25, -0.2) is 0 Å². The normalized spacial score (nSPS) is 22.5. The second-order valence-corrected chi connectivity index (χ2v) is 7.19. The van der Waals surface area contributed by atoms with Gasteiger partial charge in [0.05, 0.1) is 0 Å². The highest BCUT2D eigenvalue weighted by atomic mass is 16.3. The van der Waals surface area contributed by atoms with E-state index in [4.69, 9.17) is 0 Å². The van der Waals surface area contributed by atoms with Crippen LogP contribution < -0.4 is 0 Å². The SMILES string of the molecule is O=C(c1cccc(CN2CCCCC2CCO)c1)N1CCCCC1. The minimum atomic E-state index is 0.183. The number of benzene rings is 1. The summed E-state index contributed by atoms with van der Waals surface area (Å²) in [6.45, 7) is 4.02. The van der Waals surface area contributed by atoms with E-state index in [0.29, 0.717) is 6.04 Å². The van der Waals surface area contributed by atoms with E-state index >= 15 is 0 Å². The lowest BCUT2D eigenvalue weighted by Gasteiger charge is -2.35. The molecule has 1 aromatic carbocycles. The van der Waals surface area contributed by atoms with Gasteiger partial charge in [-0.3, -0.25) is 9.69 Å². The summed E-state index contributed by atoms with van der Waals surface area (Å²) in [6.07, 6.45) is 8.01. The first-order valence-electron chi connectivity index (χ1n) is 9.51. The number of rotatable bonds is 5. The van der Waals surface area contributed by atoms with Crippen molar-refractivity contribution in [3.63, 3.8) is 0 Å². The number of hydrogen-bond donors (Lipinski definition) is 1. The third kappa shape index (κ3) is 4.37. The highest BCUT2D eigenvalue weighted by Gasteiger charge is 2.23. The molecule has 4 nitrogen and oxygen atoms in total. The lowest BCUT2D eigenvalue weighted by molar-refractivity contribution is 0.0724. The predicted octanol–water partition coefficient (Wildman–Crippen LogP) is 3.05. The van der Waals surface area contributed by atoms with Gasteiger partial charge in [-0.15, -0.1) is 0 Å². The molecule has 2 saturated heterocycles. The van der Waals surface area contributed by atoms with Crippen molar-refractivity contribution in [3.05, 3.63) is 35.4 Å².